The second-order valence-corrected chi connectivity index (χ2v) is 5.27. The summed E-state index contributed by atoms with van der Waals surface area (Å²) in [5.74, 6) is -0.523. The van der Waals surface area contributed by atoms with Crippen molar-refractivity contribution in [1.82, 2.24) is 15.5 Å². The quantitative estimate of drug-likeness (QED) is 0.524. The monoisotopic (exact) mass is 283 g/mol. The van der Waals surface area contributed by atoms with Crippen LogP contribution >= 0.6 is 0 Å². The zero-order chi connectivity index (χ0) is 15.1. The third-order valence-corrected chi connectivity index (χ3v) is 3.57. The van der Waals surface area contributed by atoms with Crippen LogP contribution in [0.5, 0.6) is 0 Å². The molecule has 6 nitrogen and oxygen atoms in total. The zero-order valence-corrected chi connectivity index (χ0v) is 12.6. The predicted molar refractivity (Wildman–Crippen MR) is 75.9 cm³/mol. The highest BCUT2D eigenvalue weighted by Crippen LogP contribution is 2.11. The van der Waals surface area contributed by atoms with Crippen LogP contribution in [0, 0.1) is 0 Å². The van der Waals surface area contributed by atoms with Crippen molar-refractivity contribution in [1.29, 1.82) is 0 Å². The summed E-state index contributed by atoms with van der Waals surface area (Å²) in [6.07, 6.45) is 3.96. The SMILES string of the molecule is CCCCCNC(=O)C(C)NC1CCC(=O)N(C)C1=O. The average Bonchev–Trinajstić information content (AvgIpc) is 2.44. The van der Waals surface area contributed by atoms with Crippen molar-refractivity contribution in [2.45, 2.75) is 58.0 Å². The van der Waals surface area contributed by atoms with Crippen LogP contribution in [-0.4, -0.2) is 48.3 Å². The molecular formula is C14H25N3O3. The Morgan fingerprint density at radius 2 is 2.10 bits per heavy atom. The summed E-state index contributed by atoms with van der Waals surface area (Å²) in [5.41, 5.74) is 0. The third-order valence-electron chi connectivity index (χ3n) is 3.57. The Morgan fingerprint density at radius 1 is 1.40 bits per heavy atom. The molecular weight excluding hydrogens is 258 g/mol. The molecule has 0 radical (unpaired) electrons. The zero-order valence-electron chi connectivity index (χ0n) is 12.6. The first-order chi connectivity index (χ1) is 9.47. The van der Waals surface area contributed by atoms with Crippen LogP contribution < -0.4 is 10.6 Å². The molecule has 1 fully saturated rings. The van der Waals surface area contributed by atoms with Crippen LogP contribution in [0.3, 0.4) is 0 Å². The second kappa shape index (κ2) is 7.99. The average molecular weight is 283 g/mol. The van der Waals surface area contributed by atoms with Gasteiger partial charge >= 0.3 is 0 Å². The van der Waals surface area contributed by atoms with E-state index in [-0.39, 0.29) is 17.7 Å². The summed E-state index contributed by atoms with van der Waals surface area (Å²) in [6.45, 7) is 4.51. The minimum atomic E-state index is -0.450. The molecule has 0 bridgehead atoms. The molecule has 1 saturated heterocycles. The Bertz CT molecular complexity index is 371. The van der Waals surface area contributed by atoms with Crippen LogP contribution in [0.1, 0.15) is 46.0 Å². The van der Waals surface area contributed by atoms with Crippen LogP contribution in [0.4, 0.5) is 0 Å². The lowest BCUT2D eigenvalue weighted by atomic mass is 10.0. The number of likely N-dealkylation sites (N-methyl/N-ethyl adjacent to an activating group) is 1. The first-order valence-electron chi connectivity index (χ1n) is 7.31. The van der Waals surface area contributed by atoms with Gasteiger partial charge in [-0.2, -0.15) is 0 Å². The van der Waals surface area contributed by atoms with Crippen molar-refractivity contribution in [3.8, 4) is 0 Å². The lowest BCUT2D eigenvalue weighted by molar-refractivity contribution is -0.148. The first-order valence-corrected chi connectivity index (χ1v) is 7.31. The fourth-order valence-electron chi connectivity index (χ4n) is 2.19. The molecule has 1 heterocycles. The lowest BCUT2D eigenvalue weighted by Crippen LogP contribution is -2.56. The number of nitrogens with zero attached hydrogens (tertiary/aromatic N) is 1. The number of amides is 3. The van der Waals surface area contributed by atoms with E-state index in [2.05, 4.69) is 17.6 Å². The smallest absolute Gasteiger partial charge is 0.246 e. The Kier molecular flexibility index (Phi) is 6.64. The fourth-order valence-corrected chi connectivity index (χ4v) is 2.19. The number of carbonyl (C=O) groups is 3. The number of piperidine rings is 1. The standard InChI is InChI=1S/C14H25N3O3/c1-4-5-6-9-15-13(19)10(2)16-11-7-8-12(18)17(3)14(11)20/h10-11,16H,4-9H2,1-3H3,(H,15,19). The molecule has 0 aliphatic carbocycles. The van der Waals surface area contributed by atoms with Crippen molar-refractivity contribution >= 4 is 17.7 Å². The maximum atomic E-state index is 11.9. The number of carbonyl (C=O) groups excluding carboxylic acids is 3. The van der Waals surface area contributed by atoms with E-state index in [9.17, 15) is 14.4 Å². The van der Waals surface area contributed by atoms with Gasteiger partial charge in [-0.1, -0.05) is 19.8 Å². The Balaban J connectivity index is 2.37. The van der Waals surface area contributed by atoms with Crippen molar-refractivity contribution in [2.24, 2.45) is 0 Å². The van der Waals surface area contributed by atoms with Crippen LogP contribution in [0.2, 0.25) is 0 Å². The summed E-state index contributed by atoms with van der Waals surface area (Å²) in [7, 11) is 1.48. The van der Waals surface area contributed by atoms with E-state index in [4.69, 9.17) is 0 Å². The normalized spacial score (nSPS) is 20.9. The van der Waals surface area contributed by atoms with E-state index in [0.717, 1.165) is 24.2 Å². The van der Waals surface area contributed by atoms with Gasteiger partial charge in [-0.05, 0) is 19.8 Å². The van der Waals surface area contributed by atoms with Gasteiger partial charge in [0.15, 0.2) is 0 Å². The van der Waals surface area contributed by atoms with E-state index in [1.807, 2.05) is 0 Å². The molecule has 2 N–H and O–H groups in total. The number of likely N-dealkylation sites (tertiary alicyclic amines) is 1. The van der Waals surface area contributed by atoms with Gasteiger partial charge in [0.05, 0.1) is 12.1 Å². The molecule has 2 unspecified atom stereocenters. The minimum Gasteiger partial charge on any atom is -0.355 e. The molecule has 0 saturated carbocycles. The summed E-state index contributed by atoms with van der Waals surface area (Å²) < 4.78 is 0. The van der Waals surface area contributed by atoms with Gasteiger partial charge in [0.2, 0.25) is 17.7 Å². The van der Waals surface area contributed by atoms with E-state index in [1.165, 1.54) is 7.05 Å². The summed E-state index contributed by atoms with van der Waals surface area (Å²) in [4.78, 5) is 36.3. The summed E-state index contributed by atoms with van der Waals surface area (Å²) >= 11 is 0. The van der Waals surface area contributed by atoms with Gasteiger partial charge in [0.25, 0.3) is 0 Å². The van der Waals surface area contributed by atoms with Crippen LogP contribution in [0.15, 0.2) is 0 Å². The molecule has 1 rings (SSSR count). The maximum Gasteiger partial charge on any atom is 0.246 e. The van der Waals surface area contributed by atoms with Gasteiger partial charge in [-0.15, -0.1) is 0 Å². The van der Waals surface area contributed by atoms with Crippen molar-refractivity contribution < 1.29 is 14.4 Å². The fraction of sp³-hybridized carbons (Fsp3) is 0.786. The van der Waals surface area contributed by atoms with Gasteiger partial charge in [-0.3, -0.25) is 24.6 Å². The van der Waals surface area contributed by atoms with Crippen LogP contribution in [0.25, 0.3) is 0 Å². The molecule has 1 aliphatic rings. The Labute approximate surface area is 120 Å². The largest absolute Gasteiger partial charge is 0.355 e. The highest BCUT2D eigenvalue weighted by Gasteiger charge is 2.33. The van der Waals surface area contributed by atoms with Crippen molar-refractivity contribution in [3.05, 3.63) is 0 Å². The molecule has 0 aromatic carbocycles. The molecule has 0 spiro atoms. The highest BCUT2D eigenvalue weighted by atomic mass is 16.2. The molecule has 114 valence electrons. The van der Waals surface area contributed by atoms with E-state index in [0.29, 0.717) is 19.4 Å². The molecule has 0 aromatic heterocycles. The number of hydrogen-bond donors (Lipinski definition) is 2. The van der Waals surface area contributed by atoms with Crippen molar-refractivity contribution in [2.75, 3.05) is 13.6 Å². The van der Waals surface area contributed by atoms with Gasteiger partial charge in [0, 0.05) is 20.0 Å². The number of nitrogens with one attached hydrogen (secondary N) is 2. The second-order valence-electron chi connectivity index (χ2n) is 5.27. The molecule has 6 heteroatoms. The molecule has 0 aromatic rings. The van der Waals surface area contributed by atoms with Gasteiger partial charge < -0.3 is 5.32 Å². The molecule has 20 heavy (non-hydrogen) atoms. The van der Waals surface area contributed by atoms with Crippen LogP contribution in [-0.2, 0) is 14.4 Å². The number of unbranched alkanes of at least 4 members (excludes halogenated alkanes) is 2. The summed E-state index contributed by atoms with van der Waals surface area (Å²) in [6, 6.07) is -0.888. The maximum absolute atomic E-state index is 11.9. The molecule has 1 aliphatic heterocycles. The summed E-state index contributed by atoms with van der Waals surface area (Å²) in [5, 5.41) is 5.85. The predicted octanol–water partition coefficient (Wildman–Crippen LogP) is 0.418. The first kappa shape index (κ1) is 16.6. The van der Waals surface area contributed by atoms with Crippen molar-refractivity contribution in [3.63, 3.8) is 0 Å². The number of hydrogen-bond acceptors (Lipinski definition) is 4. The Hall–Kier alpha value is -1.43. The van der Waals surface area contributed by atoms with E-state index in [1.54, 1.807) is 6.92 Å². The van der Waals surface area contributed by atoms with E-state index >= 15 is 0 Å². The van der Waals surface area contributed by atoms with Gasteiger partial charge in [0.1, 0.15) is 0 Å². The topological polar surface area (TPSA) is 78.5 Å². The van der Waals surface area contributed by atoms with E-state index < -0.39 is 12.1 Å². The molecule has 2 atom stereocenters. The third kappa shape index (κ3) is 4.59. The Morgan fingerprint density at radius 3 is 2.75 bits per heavy atom. The minimum absolute atomic E-state index is 0.103. The van der Waals surface area contributed by atoms with Gasteiger partial charge in [-0.25, -0.2) is 0 Å². The lowest BCUT2D eigenvalue weighted by Gasteiger charge is -2.30. The number of rotatable bonds is 7. The highest BCUT2D eigenvalue weighted by molar-refractivity contribution is 6.00. The molecule has 3 amide bonds. The number of imide groups is 1.